The molecule has 2 heterocycles. The number of aromatic nitrogens is 1. The van der Waals surface area contributed by atoms with Crippen LogP contribution in [0.4, 0.5) is 5.69 Å². The standard InChI is InChI=1S/C11H10N2O2/c1-7-3-9(6-12-5-7)13-10(14)4-8(2)11(13)15/h3-6H,1-2H3. The molecule has 0 spiro atoms. The lowest BCUT2D eigenvalue weighted by atomic mass is 10.2. The molecule has 2 rings (SSSR count). The van der Waals surface area contributed by atoms with E-state index < -0.39 is 0 Å². The summed E-state index contributed by atoms with van der Waals surface area (Å²) in [6.07, 6.45) is 4.52. The second kappa shape index (κ2) is 3.31. The Bertz CT molecular complexity index is 477. The predicted molar refractivity (Wildman–Crippen MR) is 55.2 cm³/mol. The van der Waals surface area contributed by atoms with Crippen LogP contribution in [-0.4, -0.2) is 16.8 Å². The summed E-state index contributed by atoms with van der Waals surface area (Å²) in [4.78, 5) is 28.2. The number of carbonyl (C=O) groups excluding carboxylic acids is 2. The van der Waals surface area contributed by atoms with Gasteiger partial charge in [0.05, 0.1) is 11.9 Å². The lowest BCUT2D eigenvalue weighted by Gasteiger charge is -2.13. The van der Waals surface area contributed by atoms with E-state index in [-0.39, 0.29) is 11.8 Å². The number of aryl methyl sites for hydroxylation is 1. The molecule has 0 saturated heterocycles. The minimum atomic E-state index is -0.301. The normalized spacial score (nSPS) is 15.9. The molecule has 1 aliphatic rings. The third-order valence-electron chi connectivity index (χ3n) is 2.22. The van der Waals surface area contributed by atoms with Crippen LogP contribution in [0.5, 0.6) is 0 Å². The van der Waals surface area contributed by atoms with Crippen molar-refractivity contribution < 1.29 is 9.59 Å². The first-order valence-electron chi connectivity index (χ1n) is 4.58. The van der Waals surface area contributed by atoms with E-state index in [1.165, 1.54) is 12.3 Å². The molecule has 0 saturated carbocycles. The lowest BCUT2D eigenvalue weighted by molar-refractivity contribution is -0.120. The molecular formula is C11H10N2O2. The molecule has 4 heteroatoms. The van der Waals surface area contributed by atoms with Crippen LogP contribution in [0.1, 0.15) is 12.5 Å². The summed E-state index contributed by atoms with van der Waals surface area (Å²) in [7, 11) is 0. The third kappa shape index (κ3) is 1.54. The van der Waals surface area contributed by atoms with Crippen molar-refractivity contribution in [3.63, 3.8) is 0 Å². The minimum absolute atomic E-state index is 0.271. The van der Waals surface area contributed by atoms with Crippen molar-refractivity contribution in [1.82, 2.24) is 4.98 Å². The summed E-state index contributed by atoms with van der Waals surface area (Å²) in [6.45, 7) is 3.49. The average Bonchev–Trinajstić information content (AvgIpc) is 2.41. The van der Waals surface area contributed by atoms with E-state index in [1.807, 2.05) is 6.92 Å². The van der Waals surface area contributed by atoms with Gasteiger partial charge in [0.15, 0.2) is 0 Å². The van der Waals surface area contributed by atoms with Crippen LogP contribution in [0, 0.1) is 6.92 Å². The smallest absolute Gasteiger partial charge is 0.261 e. The maximum atomic E-state index is 11.6. The van der Waals surface area contributed by atoms with Crippen molar-refractivity contribution in [3.05, 3.63) is 35.7 Å². The summed E-state index contributed by atoms with van der Waals surface area (Å²) in [6, 6.07) is 1.76. The molecule has 0 unspecified atom stereocenters. The van der Waals surface area contributed by atoms with E-state index in [4.69, 9.17) is 0 Å². The molecule has 1 aromatic rings. The monoisotopic (exact) mass is 202 g/mol. The van der Waals surface area contributed by atoms with Gasteiger partial charge in [0, 0.05) is 17.8 Å². The van der Waals surface area contributed by atoms with Gasteiger partial charge in [-0.05, 0) is 25.5 Å². The number of nitrogens with zero attached hydrogens (tertiary/aromatic N) is 2. The Kier molecular flexibility index (Phi) is 2.11. The van der Waals surface area contributed by atoms with E-state index in [0.29, 0.717) is 11.3 Å². The van der Waals surface area contributed by atoms with Gasteiger partial charge in [-0.2, -0.15) is 0 Å². The average molecular weight is 202 g/mol. The molecule has 76 valence electrons. The van der Waals surface area contributed by atoms with Gasteiger partial charge in [0.25, 0.3) is 11.8 Å². The molecule has 1 aliphatic heterocycles. The zero-order chi connectivity index (χ0) is 11.0. The summed E-state index contributed by atoms with van der Waals surface area (Å²) < 4.78 is 0. The van der Waals surface area contributed by atoms with E-state index >= 15 is 0 Å². The molecule has 0 fully saturated rings. The Morgan fingerprint density at radius 2 is 1.93 bits per heavy atom. The Morgan fingerprint density at radius 1 is 1.20 bits per heavy atom. The zero-order valence-corrected chi connectivity index (χ0v) is 8.52. The Hall–Kier alpha value is -1.97. The van der Waals surface area contributed by atoms with Crippen LogP contribution in [0.25, 0.3) is 0 Å². The summed E-state index contributed by atoms with van der Waals surface area (Å²) in [5.41, 5.74) is 1.90. The number of imide groups is 1. The maximum Gasteiger partial charge on any atom is 0.261 e. The van der Waals surface area contributed by atoms with Crippen molar-refractivity contribution >= 4 is 17.5 Å². The van der Waals surface area contributed by atoms with Crippen LogP contribution in [0.15, 0.2) is 30.1 Å². The number of pyridine rings is 1. The molecule has 0 aromatic carbocycles. The van der Waals surface area contributed by atoms with Crippen molar-refractivity contribution in [3.8, 4) is 0 Å². The fraction of sp³-hybridized carbons (Fsp3) is 0.182. The van der Waals surface area contributed by atoms with Crippen molar-refractivity contribution in [2.24, 2.45) is 0 Å². The number of hydrogen-bond donors (Lipinski definition) is 0. The van der Waals surface area contributed by atoms with Crippen LogP contribution in [0.3, 0.4) is 0 Å². The highest BCUT2D eigenvalue weighted by atomic mass is 16.2. The van der Waals surface area contributed by atoms with E-state index in [2.05, 4.69) is 4.98 Å². The highest BCUT2D eigenvalue weighted by Gasteiger charge is 2.29. The fourth-order valence-electron chi connectivity index (χ4n) is 1.49. The number of amides is 2. The zero-order valence-electron chi connectivity index (χ0n) is 8.52. The molecule has 0 aliphatic carbocycles. The third-order valence-corrected chi connectivity index (χ3v) is 2.22. The van der Waals surface area contributed by atoms with Gasteiger partial charge >= 0.3 is 0 Å². The molecular weight excluding hydrogens is 192 g/mol. The van der Waals surface area contributed by atoms with Crippen molar-refractivity contribution in [1.29, 1.82) is 0 Å². The first-order valence-corrected chi connectivity index (χ1v) is 4.58. The van der Waals surface area contributed by atoms with Gasteiger partial charge in [-0.1, -0.05) is 0 Å². The van der Waals surface area contributed by atoms with Gasteiger partial charge in [-0.3, -0.25) is 14.6 Å². The summed E-state index contributed by atoms with van der Waals surface area (Å²) in [5, 5.41) is 0. The molecule has 2 amide bonds. The minimum Gasteiger partial charge on any atom is -0.269 e. The van der Waals surface area contributed by atoms with Gasteiger partial charge < -0.3 is 0 Å². The summed E-state index contributed by atoms with van der Waals surface area (Å²) in [5.74, 6) is -0.572. The first kappa shape index (κ1) is 9.58. The number of rotatable bonds is 1. The topological polar surface area (TPSA) is 50.3 Å². The number of carbonyl (C=O) groups is 2. The van der Waals surface area contributed by atoms with E-state index in [9.17, 15) is 9.59 Å². The Balaban J connectivity index is 2.42. The molecule has 0 N–H and O–H groups in total. The lowest BCUT2D eigenvalue weighted by Crippen LogP contribution is -2.30. The van der Waals surface area contributed by atoms with Gasteiger partial charge in [0.2, 0.25) is 0 Å². The van der Waals surface area contributed by atoms with E-state index in [0.717, 1.165) is 10.5 Å². The Morgan fingerprint density at radius 3 is 2.47 bits per heavy atom. The molecule has 0 bridgehead atoms. The van der Waals surface area contributed by atoms with Crippen LogP contribution < -0.4 is 4.90 Å². The van der Waals surface area contributed by atoms with Gasteiger partial charge in [-0.25, -0.2) is 4.90 Å². The van der Waals surface area contributed by atoms with Crippen LogP contribution in [-0.2, 0) is 9.59 Å². The van der Waals surface area contributed by atoms with Crippen LogP contribution in [0.2, 0.25) is 0 Å². The first-order chi connectivity index (χ1) is 7.09. The van der Waals surface area contributed by atoms with Gasteiger partial charge in [-0.15, -0.1) is 0 Å². The quantitative estimate of drug-likeness (QED) is 0.643. The molecule has 1 aromatic heterocycles. The number of hydrogen-bond acceptors (Lipinski definition) is 3. The molecule has 15 heavy (non-hydrogen) atoms. The maximum absolute atomic E-state index is 11.6. The van der Waals surface area contributed by atoms with Gasteiger partial charge in [0.1, 0.15) is 0 Å². The second-order valence-corrected chi connectivity index (χ2v) is 3.53. The number of anilines is 1. The van der Waals surface area contributed by atoms with Crippen molar-refractivity contribution in [2.45, 2.75) is 13.8 Å². The molecule has 0 radical (unpaired) electrons. The molecule has 0 atom stereocenters. The highest BCUT2D eigenvalue weighted by molar-refractivity contribution is 6.30. The second-order valence-electron chi connectivity index (χ2n) is 3.53. The predicted octanol–water partition coefficient (Wildman–Crippen LogP) is 1.21. The largest absolute Gasteiger partial charge is 0.269 e. The Labute approximate surface area is 87.2 Å². The van der Waals surface area contributed by atoms with Crippen LogP contribution >= 0.6 is 0 Å². The molecule has 4 nitrogen and oxygen atoms in total. The summed E-state index contributed by atoms with van der Waals surface area (Å²) >= 11 is 0. The fourth-order valence-corrected chi connectivity index (χ4v) is 1.49. The SMILES string of the molecule is CC1=CC(=O)N(c2cncc(C)c2)C1=O. The highest BCUT2D eigenvalue weighted by Crippen LogP contribution is 2.21. The van der Waals surface area contributed by atoms with E-state index in [1.54, 1.807) is 19.2 Å². The van der Waals surface area contributed by atoms with Crippen molar-refractivity contribution in [2.75, 3.05) is 4.90 Å².